The number of aromatic nitrogens is 1. The van der Waals surface area contributed by atoms with E-state index in [1.807, 2.05) is 31.2 Å². The number of halogens is 1. The molecule has 2 aromatic rings. The van der Waals surface area contributed by atoms with Gasteiger partial charge >= 0.3 is 0 Å². The lowest BCUT2D eigenvalue weighted by Crippen LogP contribution is -2.03. The van der Waals surface area contributed by atoms with E-state index in [0.717, 1.165) is 21.2 Å². The zero-order valence-corrected chi connectivity index (χ0v) is 11.8. The molecule has 1 unspecified atom stereocenters. The Morgan fingerprint density at radius 3 is 2.72 bits per heavy atom. The Bertz CT molecular complexity index is 557. The molecule has 0 amide bonds. The Balaban J connectivity index is 2.42. The highest BCUT2D eigenvalue weighted by Gasteiger charge is 2.16. The highest BCUT2D eigenvalue weighted by Crippen LogP contribution is 2.32. The van der Waals surface area contributed by atoms with Gasteiger partial charge in [-0.15, -0.1) is 0 Å². The SMILES string of the molecule is COc1cc(Br)ccc1C(O)c1cncc(C)c1. The summed E-state index contributed by atoms with van der Waals surface area (Å²) in [4.78, 5) is 4.09. The molecule has 94 valence electrons. The van der Waals surface area contributed by atoms with Crippen molar-refractivity contribution in [3.05, 3.63) is 57.8 Å². The first kappa shape index (κ1) is 13.1. The van der Waals surface area contributed by atoms with E-state index in [1.54, 1.807) is 19.5 Å². The maximum atomic E-state index is 10.4. The van der Waals surface area contributed by atoms with Gasteiger partial charge in [0.2, 0.25) is 0 Å². The first-order valence-electron chi connectivity index (χ1n) is 5.55. The number of aliphatic hydroxyl groups is 1. The van der Waals surface area contributed by atoms with Crippen molar-refractivity contribution < 1.29 is 9.84 Å². The molecule has 1 atom stereocenters. The number of hydrogen-bond donors (Lipinski definition) is 1. The molecule has 0 spiro atoms. The molecule has 1 aromatic carbocycles. The largest absolute Gasteiger partial charge is 0.496 e. The lowest BCUT2D eigenvalue weighted by Gasteiger charge is -2.15. The van der Waals surface area contributed by atoms with Gasteiger partial charge in [0, 0.05) is 28.0 Å². The summed E-state index contributed by atoms with van der Waals surface area (Å²) in [6.45, 7) is 1.95. The number of rotatable bonds is 3. The van der Waals surface area contributed by atoms with Crippen LogP contribution in [0.15, 0.2) is 41.1 Å². The molecule has 0 radical (unpaired) electrons. The van der Waals surface area contributed by atoms with Crippen molar-refractivity contribution in [3.63, 3.8) is 0 Å². The summed E-state index contributed by atoms with van der Waals surface area (Å²) in [6, 6.07) is 7.47. The molecule has 3 nitrogen and oxygen atoms in total. The zero-order chi connectivity index (χ0) is 13.1. The second-order valence-corrected chi connectivity index (χ2v) is 5.00. The topological polar surface area (TPSA) is 42.4 Å². The number of methoxy groups -OCH3 is 1. The fourth-order valence-electron chi connectivity index (χ4n) is 1.82. The molecule has 18 heavy (non-hydrogen) atoms. The number of aliphatic hydroxyl groups excluding tert-OH is 1. The molecule has 0 fully saturated rings. The number of aryl methyl sites for hydroxylation is 1. The number of hydrogen-bond acceptors (Lipinski definition) is 3. The van der Waals surface area contributed by atoms with Crippen LogP contribution in [0, 0.1) is 6.92 Å². The third kappa shape index (κ3) is 2.71. The van der Waals surface area contributed by atoms with Crippen LogP contribution in [0.4, 0.5) is 0 Å². The molecule has 0 aliphatic heterocycles. The van der Waals surface area contributed by atoms with Gasteiger partial charge in [-0.05, 0) is 24.6 Å². The van der Waals surface area contributed by atoms with Crippen LogP contribution in [-0.4, -0.2) is 17.2 Å². The molecule has 1 N–H and O–H groups in total. The fraction of sp³-hybridized carbons (Fsp3) is 0.214. The zero-order valence-electron chi connectivity index (χ0n) is 10.2. The lowest BCUT2D eigenvalue weighted by atomic mass is 10.0. The van der Waals surface area contributed by atoms with Crippen LogP contribution in [0.3, 0.4) is 0 Å². The van der Waals surface area contributed by atoms with Gasteiger partial charge in [-0.1, -0.05) is 28.1 Å². The third-order valence-corrected chi connectivity index (χ3v) is 3.20. The normalized spacial score (nSPS) is 12.2. The second-order valence-electron chi connectivity index (χ2n) is 4.08. The van der Waals surface area contributed by atoms with Gasteiger partial charge in [0.1, 0.15) is 11.9 Å². The Morgan fingerprint density at radius 1 is 1.28 bits per heavy atom. The van der Waals surface area contributed by atoms with E-state index >= 15 is 0 Å². The van der Waals surface area contributed by atoms with E-state index in [1.165, 1.54) is 0 Å². The molecule has 1 aromatic heterocycles. The second kappa shape index (κ2) is 5.50. The maximum absolute atomic E-state index is 10.4. The summed E-state index contributed by atoms with van der Waals surface area (Å²) in [5.74, 6) is 0.651. The monoisotopic (exact) mass is 307 g/mol. The van der Waals surface area contributed by atoms with Gasteiger partial charge in [-0.3, -0.25) is 4.98 Å². The Labute approximate surface area is 115 Å². The van der Waals surface area contributed by atoms with E-state index in [2.05, 4.69) is 20.9 Å². The minimum atomic E-state index is -0.736. The minimum Gasteiger partial charge on any atom is -0.496 e. The predicted molar refractivity (Wildman–Crippen MR) is 73.7 cm³/mol. The van der Waals surface area contributed by atoms with Crippen LogP contribution in [0.5, 0.6) is 5.75 Å². The molecule has 0 saturated carbocycles. The predicted octanol–water partition coefficient (Wildman–Crippen LogP) is 3.24. The standard InChI is InChI=1S/C14H14BrNO2/c1-9-5-10(8-16-7-9)14(17)12-4-3-11(15)6-13(12)18-2/h3-8,14,17H,1-2H3. The number of pyridine rings is 1. The van der Waals surface area contributed by atoms with Crippen LogP contribution in [0.2, 0.25) is 0 Å². The smallest absolute Gasteiger partial charge is 0.126 e. The van der Waals surface area contributed by atoms with Gasteiger partial charge in [-0.2, -0.15) is 0 Å². The maximum Gasteiger partial charge on any atom is 0.126 e. The van der Waals surface area contributed by atoms with Crippen molar-refractivity contribution in [1.29, 1.82) is 0 Å². The van der Waals surface area contributed by atoms with Crippen molar-refractivity contribution in [3.8, 4) is 5.75 Å². The molecular weight excluding hydrogens is 294 g/mol. The summed E-state index contributed by atoms with van der Waals surface area (Å²) >= 11 is 3.38. The summed E-state index contributed by atoms with van der Waals surface area (Å²) in [5, 5.41) is 10.4. The number of nitrogens with zero attached hydrogens (tertiary/aromatic N) is 1. The number of ether oxygens (including phenoxy) is 1. The van der Waals surface area contributed by atoms with Gasteiger partial charge in [0.25, 0.3) is 0 Å². The van der Waals surface area contributed by atoms with Crippen molar-refractivity contribution in [2.24, 2.45) is 0 Å². The molecule has 1 heterocycles. The van der Waals surface area contributed by atoms with Gasteiger partial charge in [0.05, 0.1) is 7.11 Å². The molecular formula is C14H14BrNO2. The number of benzene rings is 1. The van der Waals surface area contributed by atoms with Crippen molar-refractivity contribution in [2.45, 2.75) is 13.0 Å². The quantitative estimate of drug-likeness (QED) is 0.946. The van der Waals surface area contributed by atoms with Crippen molar-refractivity contribution >= 4 is 15.9 Å². The Kier molecular flexibility index (Phi) is 3.99. The van der Waals surface area contributed by atoms with Crippen LogP contribution >= 0.6 is 15.9 Å². The Hall–Kier alpha value is -1.39. The third-order valence-electron chi connectivity index (χ3n) is 2.70. The van der Waals surface area contributed by atoms with E-state index in [4.69, 9.17) is 4.74 Å². The first-order valence-corrected chi connectivity index (χ1v) is 6.34. The van der Waals surface area contributed by atoms with Gasteiger partial charge in [0.15, 0.2) is 0 Å². The molecule has 4 heteroatoms. The van der Waals surface area contributed by atoms with E-state index < -0.39 is 6.10 Å². The van der Waals surface area contributed by atoms with E-state index in [-0.39, 0.29) is 0 Å². The summed E-state index contributed by atoms with van der Waals surface area (Å²) in [6.07, 6.45) is 2.69. The van der Waals surface area contributed by atoms with Crippen molar-refractivity contribution in [1.82, 2.24) is 4.98 Å². The van der Waals surface area contributed by atoms with Gasteiger partial charge in [-0.25, -0.2) is 0 Å². The summed E-state index contributed by atoms with van der Waals surface area (Å²) in [7, 11) is 1.59. The average molecular weight is 308 g/mol. The molecule has 0 aliphatic carbocycles. The first-order chi connectivity index (χ1) is 8.61. The minimum absolute atomic E-state index is 0.651. The van der Waals surface area contributed by atoms with Gasteiger partial charge < -0.3 is 9.84 Å². The average Bonchev–Trinajstić information content (AvgIpc) is 2.37. The van der Waals surface area contributed by atoms with Crippen LogP contribution in [0.1, 0.15) is 22.8 Å². The molecule has 0 saturated heterocycles. The highest BCUT2D eigenvalue weighted by atomic mass is 79.9. The molecule has 0 aliphatic rings. The summed E-state index contributed by atoms with van der Waals surface area (Å²) in [5.41, 5.74) is 2.51. The molecule has 0 bridgehead atoms. The summed E-state index contributed by atoms with van der Waals surface area (Å²) < 4.78 is 6.20. The molecule has 2 rings (SSSR count). The Morgan fingerprint density at radius 2 is 2.06 bits per heavy atom. The van der Waals surface area contributed by atoms with Crippen molar-refractivity contribution in [2.75, 3.05) is 7.11 Å². The van der Waals surface area contributed by atoms with Crippen LogP contribution in [-0.2, 0) is 0 Å². The lowest BCUT2D eigenvalue weighted by molar-refractivity contribution is 0.214. The fourth-order valence-corrected chi connectivity index (χ4v) is 2.16. The van der Waals surface area contributed by atoms with Crippen LogP contribution < -0.4 is 4.74 Å². The van der Waals surface area contributed by atoms with Crippen LogP contribution in [0.25, 0.3) is 0 Å². The highest BCUT2D eigenvalue weighted by molar-refractivity contribution is 9.10. The van der Waals surface area contributed by atoms with E-state index in [0.29, 0.717) is 5.75 Å². The van der Waals surface area contributed by atoms with E-state index in [9.17, 15) is 5.11 Å².